The Morgan fingerprint density at radius 1 is 1.20 bits per heavy atom. The van der Waals surface area contributed by atoms with Gasteiger partial charge in [-0.3, -0.25) is 4.79 Å². The molecule has 0 radical (unpaired) electrons. The molecule has 0 saturated carbocycles. The molecule has 2 aromatic rings. The number of nitriles is 1. The Labute approximate surface area is 117 Å². The van der Waals surface area contributed by atoms with E-state index < -0.39 is 0 Å². The van der Waals surface area contributed by atoms with Crippen molar-refractivity contribution in [2.24, 2.45) is 0 Å². The van der Waals surface area contributed by atoms with E-state index in [-0.39, 0.29) is 5.91 Å². The molecule has 1 N–H and O–H groups in total. The van der Waals surface area contributed by atoms with Crippen molar-refractivity contribution in [2.75, 3.05) is 12.4 Å². The number of para-hydroxylation sites is 2. The van der Waals surface area contributed by atoms with Crippen molar-refractivity contribution in [2.45, 2.75) is 6.92 Å². The van der Waals surface area contributed by atoms with E-state index in [4.69, 9.17) is 10.00 Å². The fourth-order valence-corrected chi connectivity index (χ4v) is 1.98. The number of carbonyl (C=O) groups is 1. The topological polar surface area (TPSA) is 62.1 Å². The van der Waals surface area contributed by atoms with Gasteiger partial charge in [-0.05, 0) is 30.7 Å². The third-order valence-electron chi connectivity index (χ3n) is 2.96. The van der Waals surface area contributed by atoms with E-state index >= 15 is 0 Å². The Morgan fingerprint density at radius 2 is 1.95 bits per heavy atom. The summed E-state index contributed by atoms with van der Waals surface area (Å²) < 4.78 is 5.27. The first-order chi connectivity index (χ1) is 9.67. The summed E-state index contributed by atoms with van der Waals surface area (Å²) in [5.74, 6) is 0.243. The Bertz CT molecular complexity index is 687. The van der Waals surface area contributed by atoms with Crippen LogP contribution >= 0.6 is 0 Å². The highest BCUT2D eigenvalue weighted by molar-refractivity contribution is 6.07. The van der Waals surface area contributed by atoms with Gasteiger partial charge < -0.3 is 10.1 Å². The average molecular weight is 266 g/mol. The normalized spacial score (nSPS) is 9.65. The highest BCUT2D eigenvalue weighted by Gasteiger charge is 2.15. The van der Waals surface area contributed by atoms with Crippen molar-refractivity contribution in [3.05, 3.63) is 59.2 Å². The number of methoxy groups -OCH3 is 1. The standard InChI is InChI=1S/C16H14N2O2/c1-11-6-5-8-13(15(11)20-2)16(19)18-14-9-4-3-7-12(14)10-17/h3-9H,1-2H3,(H,18,19). The molecule has 4 nitrogen and oxygen atoms in total. The van der Waals surface area contributed by atoms with Crippen LogP contribution in [0.2, 0.25) is 0 Å². The van der Waals surface area contributed by atoms with Gasteiger partial charge in [0.15, 0.2) is 0 Å². The molecule has 0 aromatic heterocycles. The average Bonchev–Trinajstić information content (AvgIpc) is 2.47. The second-order valence-electron chi connectivity index (χ2n) is 4.27. The summed E-state index contributed by atoms with van der Waals surface area (Å²) >= 11 is 0. The van der Waals surface area contributed by atoms with Gasteiger partial charge in [0.2, 0.25) is 0 Å². The van der Waals surface area contributed by atoms with E-state index in [1.54, 1.807) is 36.4 Å². The van der Waals surface area contributed by atoms with Gasteiger partial charge in [0.05, 0.1) is 23.9 Å². The van der Waals surface area contributed by atoms with Crippen molar-refractivity contribution >= 4 is 11.6 Å². The molecule has 0 spiro atoms. The molecule has 4 heteroatoms. The fourth-order valence-electron chi connectivity index (χ4n) is 1.98. The predicted octanol–water partition coefficient (Wildman–Crippen LogP) is 3.13. The van der Waals surface area contributed by atoms with Crippen molar-refractivity contribution in [3.63, 3.8) is 0 Å². The first kappa shape index (κ1) is 13.6. The molecule has 0 atom stereocenters. The van der Waals surface area contributed by atoms with Crippen LogP contribution in [-0.4, -0.2) is 13.0 Å². The summed E-state index contributed by atoms with van der Waals surface area (Å²) in [4.78, 5) is 12.3. The van der Waals surface area contributed by atoms with Gasteiger partial charge in [0, 0.05) is 0 Å². The van der Waals surface area contributed by atoms with Gasteiger partial charge >= 0.3 is 0 Å². The Balaban J connectivity index is 2.34. The molecule has 100 valence electrons. The fraction of sp³-hybridized carbons (Fsp3) is 0.125. The highest BCUT2D eigenvalue weighted by atomic mass is 16.5. The molecule has 0 aliphatic rings. The maximum atomic E-state index is 12.3. The minimum atomic E-state index is -0.298. The lowest BCUT2D eigenvalue weighted by atomic mass is 10.1. The van der Waals surface area contributed by atoms with Gasteiger partial charge in [-0.2, -0.15) is 5.26 Å². The molecule has 2 aromatic carbocycles. The number of rotatable bonds is 3. The molecule has 0 aliphatic heterocycles. The Hall–Kier alpha value is -2.80. The molecule has 0 unspecified atom stereocenters. The monoisotopic (exact) mass is 266 g/mol. The minimum absolute atomic E-state index is 0.298. The number of hydrogen-bond acceptors (Lipinski definition) is 3. The van der Waals surface area contributed by atoms with Crippen LogP contribution in [0.25, 0.3) is 0 Å². The summed E-state index contributed by atoms with van der Waals surface area (Å²) in [6, 6.07) is 14.3. The zero-order valence-electron chi connectivity index (χ0n) is 11.3. The van der Waals surface area contributed by atoms with Crippen molar-refractivity contribution < 1.29 is 9.53 Å². The highest BCUT2D eigenvalue weighted by Crippen LogP contribution is 2.24. The molecule has 20 heavy (non-hydrogen) atoms. The number of carbonyl (C=O) groups excluding carboxylic acids is 1. The van der Waals surface area contributed by atoms with Crippen LogP contribution in [0.5, 0.6) is 5.75 Å². The Kier molecular flexibility index (Phi) is 4.02. The molecular formula is C16H14N2O2. The second-order valence-corrected chi connectivity index (χ2v) is 4.27. The SMILES string of the molecule is COc1c(C)cccc1C(=O)Nc1ccccc1C#N. The van der Waals surface area contributed by atoms with Crippen LogP contribution in [0.1, 0.15) is 21.5 Å². The zero-order valence-corrected chi connectivity index (χ0v) is 11.3. The van der Waals surface area contributed by atoms with E-state index in [1.165, 1.54) is 7.11 Å². The summed E-state index contributed by atoms with van der Waals surface area (Å²) in [6.45, 7) is 1.87. The quantitative estimate of drug-likeness (QED) is 0.928. The molecule has 1 amide bonds. The van der Waals surface area contributed by atoms with E-state index in [0.717, 1.165) is 5.56 Å². The van der Waals surface area contributed by atoms with E-state index in [0.29, 0.717) is 22.6 Å². The number of ether oxygens (including phenoxy) is 1. The maximum Gasteiger partial charge on any atom is 0.259 e. The summed E-state index contributed by atoms with van der Waals surface area (Å²) in [5.41, 5.74) is 2.24. The predicted molar refractivity (Wildman–Crippen MR) is 76.8 cm³/mol. The number of amides is 1. The number of benzene rings is 2. The van der Waals surface area contributed by atoms with Gasteiger partial charge in [-0.25, -0.2) is 0 Å². The van der Waals surface area contributed by atoms with Crippen LogP contribution in [0.4, 0.5) is 5.69 Å². The molecule has 0 aliphatic carbocycles. The minimum Gasteiger partial charge on any atom is -0.496 e. The lowest BCUT2D eigenvalue weighted by Crippen LogP contribution is -2.14. The number of nitrogens with one attached hydrogen (secondary N) is 1. The van der Waals surface area contributed by atoms with Crippen LogP contribution < -0.4 is 10.1 Å². The Morgan fingerprint density at radius 3 is 2.65 bits per heavy atom. The third kappa shape index (κ3) is 2.62. The maximum absolute atomic E-state index is 12.3. The lowest BCUT2D eigenvalue weighted by molar-refractivity contribution is 0.102. The van der Waals surface area contributed by atoms with Crippen LogP contribution in [0.15, 0.2) is 42.5 Å². The molecule has 2 rings (SSSR count). The third-order valence-corrected chi connectivity index (χ3v) is 2.96. The zero-order chi connectivity index (χ0) is 14.5. The van der Waals surface area contributed by atoms with Crippen LogP contribution in [-0.2, 0) is 0 Å². The summed E-state index contributed by atoms with van der Waals surface area (Å²) in [7, 11) is 1.53. The molecule has 0 bridgehead atoms. The first-order valence-electron chi connectivity index (χ1n) is 6.11. The van der Waals surface area contributed by atoms with E-state index in [1.807, 2.05) is 19.1 Å². The molecular weight excluding hydrogens is 252 g/mol. The van der Waals surface area contributed by atoms with Crippen molar-refractivity contribution in [1.29, 1.82) is 5.26 Å². The smallest absolute Gasteiger partial charge is 0.259 e. The molecule has 0 fully saturated rings. The van der Waals surface area contributed by atoms with Crippen molar-refractivity contribution in [3.8, 4) is 11.8 Å². The lowest BCUT2D eigenvalue weighted by Gasteiger charge is -2.12. The van der Waals surface area contributed by atoms with Crippen LogP contribution in [0.3, 0.4) is 0 Å². The molecule has 0 saturated heterocycles. The number of hydrogen-bond donors (Lipinski definition) is 1. The first-order valence-corrected chi connectivity index (χ1v) is 6.11. The van der Waals surface area contributed by atoms with Crippen molar-refractivity contribution in [1.82, 2.24) is 0 Å². The number of anilines is 1. The summed E-state index contributed by atoms with van der Waals surface area (Å²) in [6.07, 6.45) is 0. The second kappa shape index (κ2) is 5.89. The van der Waals surface area contributed by atoms with Gasteiger partial charge in [0.1, 0.15) is 11.8 Å². The largest absolute Gasteiger partial charge is 0.496 e. The van der Waals surface area contributed by atoms with Gasteiger partial charge in [-0.1, -0.05) is 24.3 Å². The summed E-state index contributed by atoms with van der Waals surface area (Å²) in [5, 5.41) is 11.8. The number of aryl methyl sites for hydroxylation is 1. The van der Waals surface area contributed by atoms with E-state index in [9.17, 15) is 4.79 Å². The van der Waals surface area contributed by atoms with Gasteiger partial charge in [0.25, 0.3) is 5.91 Å². The van der Waals surface area contributed by atoms with Gasteiger partial charge in [-0.15, -0.1) is 0 Å². The number of nitrogens with zero attached hydrogens (tertiary/aromatic N) is 1. The van der Waals surface area contributed by atoms with Crippen LogP contribution in [0, 0.1) is 18.3 Å². The molecule has 0 heterocycles. The van der Waals surface area contributed by atoms with E-state index in [2.05, 4.69) is 5.32 Å².